The molecule has 0 atom stereocenters. The molecule has 7 aromatic carbocycles. The lowest BCUT2D eigenvalue weighted by molar-refractivity contribution is 0.584. The predicted molar refractivity (Wildman–Crippen MR) is 224 cm³/mol. The zero-order valence-corrected chi connectivity index (χ0v) is 31.1. The molecule has 264 valence electrons. The van der Waals surface area contributed by atoms with Crippen LogP contribution < -0.4 is 4.90 Å². The number of nitrogens with zero attached hydrogens (tertiary/aromatic N) is 3. The van der Waals surface area contributed by atoms with E-state index in [2.05, 4.69) is 188 Å². The van der Waals surface area contributed by atoms with Gasteiger partial charge in [-0.15, -0.1) is 10.2 Å². The van der Waals surface area contributed by atoms with Gasteiger partial charge in [-0.05, 0) is 117 Å². The van der Waals surface area contributed by atoms with Crippen LogP contribution in [-0.2, 0) is 0 Å². The Morgan fingerprint density at radius 1 is 0.352 bits per heavy atom. The van der Waals surface area contributed by atoms with Gasteiger partial charge in [0.15, 0.2) is 0 Å². The molecule has 0 aliphatic rings. The fourth-order valence-corrected chi connectivity index (χ4v) is 7.02. The van der Waals surface area contributed by atoms with Crippen molar-refractivity contribution in [3.05, 3.63) is 187 Å². The topological polar surface area (TPSA) is 42.2 Å². The highest BCUT2D eigenvalue weighted by atomic mass is 16.4. The SMILES string of the molecule is CC(C)c1ccc(N(c2ccc(-c3ccccc3-c3ccccc3-c3ccc(-c4nnc(-c5ccccc5)o4)cc3)cc2)c2ccc(C(C)C)cc2)cc1. The summed E-state index contributed by atoms with van der Waals surface area (Å²) >= 11 is 0. The van der Waals surface area contributed by atoms with E-state index in [0.717, 1.165) is 44.9 Å². The van der Waals surface area contributed by atoms with Gasteiger partial charge in [-0.3, -0.25) is 0 Å². The first-order valence-corrected chi connectivity index (χ1v) is 18.7. The molecule has 0 aliphatic carbocycles. The smallest absolute Gasteiger partial charge is 0.248 e. The molecule has 0 amide bonds. The van der Waals surface area contributed by atoms with Gasteiger partial charge in [0, 0.05) is 28.2 Å². The van der Waals surface area contributed by atoms with Crippen molar-refractivity contribution in [1.82, 2.24) is 10.2 Å². The highest BCUT2D eigenvalue weighted by molar-refractivity contribution is 5.92. The van der Waals surface area contributed by atoms with Crippen molar-refractivity contribution in [1.29, 1.82) is 0 Å². The molecule has 1 aromatic heterocycles. The number of benzene rings is 7. The largest absolute Gasteiger partial charge is 0.416 e. The third kappa shape index (κ3) is 7.11. The number of rotatable bonds is 10. The third-order valence-corrected chi connectivity index (χ3v) is 10.1. The molecule has 1 heterocycles. The van der Waals surface area contributed by atoms with Crippen molar-refractivity contribution in [2.45, 2.75) is 39.5 Å². The second kappa shape index (κ2) is 15.2. The summed E-state index contributed by atoms with van der Waals surface area (Å²) in [7, 11) is 0. The Bertz CT molecular complexity index is 2410. The van der Waals surface area contributed by atoms with E-state index >= 15 is 0 Å². The van der Waals surface area contributed by atoms with Crippen LogP contribution in [0.4, 0.5) is 17.1 Å². The molecule has 0 fully saturated rings. The summed E-state index contributed by atoms with van der Waals surface area (Å²) in [4.78, 5) is 2.35. The van der Waals surface area contributed by atoms with E-state index in [0.29, 0.717) is 23.6 Å². The van der Waals surface area contributed by atoms with Gasteiger partial charge in [-0.2, -0.15) is 0 Å². The summed E-state index contributed by atoms with van der Waals surface area (Å²) < 4.78 is 6.03. The summed E-state index contributed by atoms with van der Waals surface area (Å²) in [6.07, 6.45) is 0. The van der Waals surface area contributed by atoms with Crippen molar-refractivity contribution in [3.8, 4) is 56.3 Å². The highest BCUT2D eigenvalue weighted by Gasteiger charge is 2.17. The maximum Gasteiger partial charge on any atom is 0.248 e. The van der Waals surface area contributed by atoms with Crippen LogP contribution in [0, 0.1) is 0 Å². The molecule has 0 N–H and O–H groups in total. The lowest BCUT2D eigenvalue weighted by atomic mass is 9.89. The van der Waals surface area contributed by atoms with E-state index in [1.807, 2.05) is 30.3 Å². The number of hydrogen-bond donors (Lipinski definition) is 0. The Hall–Kier alpha value is -6.52. The van der Waals surface area contributed by atoms with Crippen LogP contribution in [0.5, 0.6) is 0 Å². The standard InChI is InChI=1S/C50H43N3O/c1-34(2)36-22-28-42(29-23-36)53(43-30-24-37(25-31-43)35(3)4)44-32-26-39(27-33-44)46-15-9-11-17-48(46)47-16-10-8-14-45(47)38-18-20-41(21-19-38)50-52-51-49(54-50)40-12-6-5-7-13-40/h5-35H,1-4H3. The van der Waals surface area contributed by atoms with Crippen molar-refractivity contribution in [3.63, 3.8) is 0 Å². The zero-order chi connectivity index (χ0) is 37.0. The molecular formula is C50H43N3O. The van der Waals surface area contributed by atoms with Crippen molar-refractivity contribution < 1.29 is 4.42 Å². The minimum Gasteiger partial charge on any atom is -0.416 e. The zero-order valence-electron chi connectivity index (χ0n) is 31.1. The van der Waals surface area contributed by atoms with E-state index in [4.69, 9.17) is 4.42 Å². The molecule has 0 radical (unpaired) electrons. The Balaban J connectivity index is 1.11. The van der Waals surface area contributed by atoms with E-state index in [-0.39, 0.29) is 0 Å². The van der Waals surface area contributed by atoms with Crippen LogP contribution in [0.25, 0.3) is 56.3 Å². The molecule has 0 unspecified atom stereocenters. The molecule has 8 rings (SSSR count). The Morgan fingerprint density at radius 2 is 0.685 bits per heavy atom. The second-order valence-corrected chi connectivity index (χ2v) is 14.3. The lowest BCUT2D eigenvalue weighted by Crippen LogP contribution is -2.10. The normalized spacial score (nSPS) is 11.3. The molecular weight excluding hydrogens is 659 g/mol. The molecule has 0 aliphatic heterocycles. The Kier molecular flexibility index (Phi) is 9.74. The van der Waals surface area contributed by atoms with Gasteiger partial charge >= 0.3 is 0 Å². The van der Waals surface area contributed by atoms with Crippen molar-refractivity contribution >= 4 is 17.1 Å². The van der Waals surface area contributed by atoms with Gasteiger partial charge in [0.05, 0.1) is 0 Å². The fourth-order valence-electron chi connectivity index (χ4n) is 7.02. The van der Waals surface area contributed by atoms with Crippen LogP contribution in [-0.4, -0.2) is 10.2 Å². The molecule has 4 heteroatoms. The minimum atomic E-state index is 0.479. The number of anilines is 3. The lowest BCUT2D eigenvalue weighted by Gasteiger charge is -2.26. The van der Waals surface area contributed by atoms with Gasteiger partial charge in [-0.1, -0.05) is 143 Å². The summed E-state index contributed by atoms with van der Waals surface area (Å²) in [5.41, 5.74) is 14.8. The van der Waals surface area contributed by atoms with E-state index in [1.54, 1.807) is 0 Å². The molecule has 4 nitrogen and oxygen atoms in total. The average Bonchev–Trinajstić information content (AvgIpc) is 3.73. The second-order valence-electron chi connectivity index (χ2n) is 14.3. The highest BCUT2D eigenvalue weighted by Crippen LogP contribution is 2.41. The summed E-state index contributed by atoms with van der Waals surface area (Å²) in [6.45, 7) is 8.95. The van der Waals surface area contributed by atoms with E-state index < -0.39 is 0 Å². The summed E-state index contributed by atoms with van der Waals surface area (Å²) in [6, 6.07) is 62.4. The molecule has 0 bridgehead atoms. The Morgan fingerprint density at radius 3 is 1.11 bits per heavy atom. The third-order valence-electron chi connectivity index (χ3n) is 10.1. The van der Waals surface area contributed by atoms with Gasteiger partial charge < -0.3 is 9.32 Å². The predicted octanol–water partition coefficient (Wildman–Crippen LogP) is 14.1. The van der Waals surface area contributed by atoms with Crippen LogP contribution in [0.15, 0.2) is 180 Å². The monoisotopic (exact) mass is 701 g/mol. The number of aromatic nitrogens is 2. The van der Waals surface area contributed by atoms with Crippen molar-refractivity contribution in [2.75, 3.05) is 4.90 Å². The quantitative estimate of drug-likeness (QED) is 0.142. The molecule has 54 heavy (non-hydrogen) atoms. The summed E-state index contributed by atoms with van der Waals surface area (Å²) in [5.74, 6) is 1.97. The molecule has 0 saturated carbocycles. The van der Waals surface area contributed by atoms with Crippen LogP contribution >= 0.6 is 0 Å². The van der Waals surface area contributed by atoms with Gasteiger partial charge in [0.1, 0.15) is 0 Å². The Labute approximate surface area is 318 Å². The van der Waals surface area contributed by atoms with Crippen LogP contribution in [0.3, 0.4) is 0 Å². The van der Waals surface area contributed by atoms with Crippen LogP contribution in [0.2, 0.25) is 0 Å². The molecule has 0 spiro atoms. The summed E-state index contributed by atoms with van der Waals surface area (Å²) in [5, 5.41) is 8.61. The fraction of sp³-hybridized carbons (Fsp3) is 0.120. The van der Waals surface area contributed by atoms with E-state index in [1.165, 1.54) is 27.8 Å². The minimum absolute atomic E-state index is 0.479. The first kappa shape index (κ1) is 34.6. The molecule has 0 saturated heterocycles. The number of hydrogen-bond acceptors (Lipinski definition) is 4. The maximum absolute atomic E-state index is 6.03. The van der Waals surface area contributed by atoms with Crippen molar-refractivity contribution in [2.24, 2.45) is 0 Å². The molecule has 8 aromatic rings. The van der Waals surface area contributed by atoms with E-state index in [9.17, 15) is 0 Å². The van der Waals surface area contributed by atoms with Gasteiger partial charge in [-0.25, -0.2) is 0 Å². The van der Waals surface area contributed by atoms with Gasteiger partial charge in [0.25, 0.3) is 0 Å². The average molecular weight is 702 g/mol. The maximum atomic E-state index is 6.03. The first-order chi connectivity index (χ1) is 26.4. The van der Waals surface area contributed by atoms with Crippen LogP contribution in [0.1, 0.15) is 50.7 Å². The van der Waals surface area contributed by atoms with Gasteiger partial charge in [0.2, 0.25) is 11.8 Å². The first-order valence-electron chi connectivity index (χ1n) is 18.7.